The number of benzene rings is 1. The van der Waals surface area contributed by atoms with E-state index < -0.39 is 0 Å². The van der Waals surface area contributed by atoms with Gasteiger partial charge in [-0.1, -0.05) is 65.0 Å². The molecule has 0 aliphatic heterocycles. The summed E-state index contributed by atoms with van der Waals surface area (Å²) < 4.78 is 5.82. The molecule has 23 heavy (non-hydrogen) atoms. The molecule has 0 saturated heterocycles. The Morgan fingerprint density at radius 2 is 1.70 bits per heavy atom. The highest BCUT2D eigenvalue weighted by Crippen LogP contribution is 2.39. The molecule has 0 aromatic heterocycles. The Kier molecular flexibility index (Phi) is 7.61. The van der Waals surface area contributed by atoms with Gasteiger partial charge in [0.25, 0.3) is 0 Å². The maximum atomic E-state index is 5.82. The van der Waals surface area contributed by atoms with Gasteiger partial charge in [-0.25, -0.2) is 0 Å². The SMILES string of the molecule is C/C=C\C(=C/C)OCc1ccc(C(CC(C)C)C(C)(C)C)cc1. The van der Waals surface area contributed by atoms with Gasteiger partial charge < -0.3 is 4.74 Å². The van der Waals surface area contributed by atoms with Crippen molar-refractivity contribution in [2.24, 2.45) is 11.3 Å². The molecule has 0 radical (unpaired) electrons. The average molecular weight is 315 g/mol. The van der Waals surface area contributed by atoms with Gasteiger partial charge in [-0.05, 0) is 60.8 Å². The quantitative estimate of drug-likeness (QED) is 0.394. The Labute approximate surface area is 143 Å². The van der Waals surface area contributed by atoms with Crippen molar-refractivity contribution in [1.82, 2.24) is 0 Å². The monoisotopic (exact) mass is 314 g/mol. The molecule has 1 aromatic carbocycles. The molecule has 0 spiro atoms. The van der Waals surface area contributed by atoms with Gasteiger partial charge in [0.15, 0.2) is 0 Å². The normalized spacial score (nSPS) is 14.5. The third-order valence-corrected chi connectivity index (χ3v) is 4.16. The first-order chi connectivity index (χ1) is 10.8. The van der Waals surface area contributed by atoms with Crippen molar-refractivity contribution in [3.05, 3.63) is 59.4 Å². The number of ether oxygens (including phenoxy) is 1. The minimum atomic E-state index is 0.284. The maximum Gasteiger partial charge on any atom is 0.115 e. The van der Waals surface area contributed by atoms with Crippen LogP contribution in [-0.2, 0) is 11.3 Å². The molecule has 0 N–H and O–H groups in total. The van der Waals surface area contributed by atoms with Gasteiger partial charge in [0, 0.05) is 0 Å². The summed E-state index contributed by atoms with van der Waals surface area (Å²) in [4.78, 5) is 0. The zero-order chi connectivity index (χ0) is 17.5. The molecule has 0 aliphatic carbocycles. The third kappa shape index (κ3) is 6.64. The van der Waals surface area contributed by atoms with E-state index >= 15 is 0 Å². The van der Waals surface area contributed by atoms with E-state index in [1.165, 1.54) is 17.5 Å². The average Bonchev–Trinajstić information content (AvgIpc) is 2.48. The zero-order valence-corrected chi connectivity index (χ0v) is 16.0. The molecule has 0 saturated carbocycles. The molecule has 0 bridgehead atoms. The van der Waals surface area contributed by atoms with Crippen molar-refractivity contribution in [2.45, 2.75) is 67.4 Å². The van der Waals surface area contributed by atoms with Crippen LogP contribution in [0.5, 0.6) is 0 Å². The van der Waals surface area contributed by atoms with Crippen molar-refractivity contribution in [3.63, 3.8) is 0 Å². The van der Waals surface area contributed by atoms with Gasteiger partial charge in [-0.2, -0.15) is 0 Å². The van der Waals surface area contributed by atoms with E-state index in [-0.39, 0.29) is 5.41 Å². The van der Waals surface area contributed by atoms with Crippen molar-refractivity contribution in [1.29, 1.82) is 0 Å². The molecule has 1 nitrogen and oxygen atoms in total. The van der Waals surface area contributed by atoms with Crippen LogP contribution in [0.1, 0.15) is 71.9 Å². The van der Waals surface area contributed by atoms with E-state index in [0.29, 0.717) is 18.4 Å². The molecule has 0 fully saturated rings. The van der Waals surface area contributed by atoms with Crippen LogP contribution in [0.3, 0.4) is 0 Å². The second-order valence-electron chi connectivity index (χ2n) is 7.77. The van der Waals surface area contributed by atoms with E-state index in [2.05, 4.69) is 58.9 Å². The van der Waals surface area contributed by atoms with Crippen LogP contribution in [0.25, 0.3) is 0 Å². The predicted molar refractivity (Wildman–Crippen MR) is 101 cm³/mol. The van der Waals surface area contributed by atoms with Gasteiger partial charge in [-0.15, -0.1) is 0 Å². The second-order valence-corrected chi connectivity index (χ2v) is 7.77. The molecule has 1 aromatic rings. The van der Waals surface area contributed by atoms with E-state index in [1.807, 2.05) is 32.1 Å². The molecule has 1 heteroatoms. The van der Waals surface area contributed by atoms with E-state index in [0.717, 1.165) is 5.76 Å². The Balaban J connectivity index is 2.81. The largest absolute Gasteiger partial charge is 0.489 e. The summed E-state index contributed by atoms with van der Waals surface area (Å²) in [5.74, 6) is 2.22. The Hall–Kier alpha value is -1.50. The number of rotatable bonds is 7. The topological polar surface area (TPSA) is 9.23 Å². The van der Waals surface area contributed by atoms with Gasteiger partial charge in [-0.3, -0.25) is 0 Å². The summed E-state index contributed by atoms with van der Waals surface area (Å²) >= 11 is 0. The van der Waals surface area contributed by atoms with Crippen LogP contribution in [0.2, 0.25) is 0 Å². The fourth-order valence-corrected chi connectivity index (χ4v) is 2.87. The van der Waals surface area contributed by atoms with Crippen molar-refractivity contribution in [2.75, 3.05) is 0 Å². The minimum absolute atomic E-state index is 0.284. The first kappa shape index (κ1) is 19.5. The highest BCUT2D eigenvalue weighted by Gasteiger charge is 2.26. The van der Waals surface area contributed by atoms with Gasteiger partial charge >= 0.3 is 0 Å². The lowest BCUT2D eigenvalue weighted by Gasteiger charge is -2.32. The summed E-state index contributed by atoms with van der Waals surface area (Å²) in [5, 5.41) is 0. The standard InChI is InChI=1S/C22H34O/c1-8-10-20(9-2)23-16-18-11-13-19(14-12-18)21(15-17(3)4)22(5,6)7/h8-14,17,21H,15-16H2,1-7H3/b10-8-,20-9+. The number of allylic oxidation sites excluding steroid dienone is 3. The maximum absolute atomic E-state index is 5.82. The summed E-state index contributed by atoms with van der Waals surface area (Å²) in [6.07, 6.45) is 7.21. The lowest BCUT2D eigenvalue weighted by atomic mass is 9.72. The zero-order valence-electron chi connectivity index (χ0n) is 16.0. The van der Waals surface area contributed by atoms with Crippen molar-refractivity contribution in [3.8, 4) is 0 Å². The molecule has 1 atom stereocenters. The van der Waals surface area contributed by atoms with Crippen LogP contribution in [0.4, 0.5) is 0 Å². The Morgan fingerprint density at radius 3 is 2.13 bits per heavy atom. The predicted octanol–water partition coefficient (Wildman–Crippen LogP) is 6.86. The molecule has 0 aliphatic rings. The van der Waals surface area contributed by atoms with Crippen LogP contribution in [-0.4, -0.2) is 0 Å². The molecule has 128 valence electrons. The summed E-state index contributed by atoms with van der Waals surface area (Å²) in [5.41, 5.74) is 2.94. The highest BCUT2D eigenvalue weighted by atomic mass is 16.5. The number of hydrogen-bond donors (Lipinski definition) is 0. The molecular weight excluding hydrogens is 280 g/mol. The summed E-state index contributed by atoms with van der Waals surface area (Å²) in [7, 11) is 0. The van der Waals surface area contributed by atoms with Crippen LogP contribution in [0, 0.1) is 11.3 Å². The third-order valence-electron chi connectivity index (χ3n) is 4.16. The molecule has 0 amide bonds. The van der Waals surface area contributed by atoms with Gasteiger partial charge in [0.05, 0.1) is 0 Å². The Bertz CT molecular complexity index is 512. The van der Waals surface area contributed by atoms with E-state index in [1.54, 1.807) is 0 Å². The highest BCUT2D eigenvalue weighted by molar-refractivity contribution is 5.27. The minimum Gasteiger partial charge on any atom is -0.489 e. The molecular formula is C22H34O. The lowest BCUT2D eigenvalue weighted by Crippen LogP contribution is -2.20. The van der Waals surface area contributed by atoms with E-state index in [9.17, 15) is 0 Å². The van der Waals surface area contributed by atoms with Crippen molar-refractivity contribution >= 4 is 0 Å². The first-order valence-electron chi connectivity index (χ1n) is 8.78. The number of hydrogen-bond acceptors (Lipinski definition) is 1. The smallest absolute Gasteiger partial charge is 0.115 e. The van der Waals surface area contributed by atoms with Gasteiger partial charge in [0.2, 0.25) is 0 Å². The first-order valence-corrected chi connectivity index (χ1v) is 8.78. The lowest BCUT2D eigenvalue weighted by molar-refractivity contribution is 0.210. The molecule has 1 rings (SSSR count). The second kappa shape index (κ2) is 8.96. The van der Waals surface area contributed by atoms with Crippen LogP contribution >= 0.6 is 0 Å². The summed E-state index contributed by atoms with van der Waals surface area (Å²) in [6.45, 7) is 16.3. The molecule has 0 heterocycles. The fourth-order valence-electron chi connectivity index (χ4n) is 2.87. The summed E-state index contributed by atoms with van der Waals surface area (Å²) in [6, 6.07) is 8.97. The van der Waals surface area contributed by atoms with Gasteiger partial charge in [0.1, 0.15) is 12.4 Å². The Morgan fingerprint density at radius 1 is 1.09 bits per heavy atom. The van der Waals surface area contributed by atoms with Crippen LogP contribution < -0.4 is 0 Å². The van der Waals surface area contributed by atoms with Crippen molar-refractivity contribution < 1.29 is 4.74 Å². The van der Waals surface area contributed by atoms with E-state index in [4.69, 9.17) is 4.74 Å². The fraction of sp³-hybridized carbons (Fsp3) is 0.545. The molecule has 1 unspecified atom stereocenters. The van der Waals surface area contributed by atoms with Crippen LogP contribution in [0.15, 0.2) is 48.3 Å².